The lowest BCUT2D eigenvalue weighted by Crippen LogP contribution is -2.48. The van der Waals surface area contributed by atoms with Gasteiger partial charge in [-0.1, -0.05) is 6.92 Å². The average molecular weight is 240 g/mol. The van der Waals surface area contributed by atoms with Crippen LogP contribution < -0.4 is 5.73 Å². The number of rotatable bonds is 3. The van der Waals surface area contributed by atoms with Crippen LogP contribution in [0.3, 0.4) is 0 Å². The SMILES string of the molecule is CC1SCCN(C(CN)c2ccco2)C1C. The Kier molecular flexibility index (Phi) is 3.95. The van der Waals surface area contributed by atoms with Crippen LogP contribution in [0.1, 0.15) is 25.6 Å². The van der Waals surface area contributed by atoms with E-state index < -0.39 is 0 Å². The lowest BCUT2D eigenvalue weighted by atomic mass is 10.1. The first-order chi connectivity index (χ1) is 7.74. The van der Waals surface area contributed by atoms with Gasteiger partial charge in [-0.2, -0.15) is 11.8 Å². The van der Waals surface area contributed by atoms with Crippen molar-refractivity contribution in [1.82, 2.24) is 4.90 Å². The van der Waals surface area contributed by atoms with E-state index in [-0.39, 0.29) is 6.04 Å². The number of nitrogens with zero attached hydrogens (tertiary/aromatic N) is 1. The normalized spacial score (nSPS) is 29.2. The summed E-state index contributed by atoms with van der Waals surface area (Å²) in [4.78, 5) is 2.47. The van der Waals surface area contributed by atoms with E-state index in [2.05, 4.69) is 18.7 Å². The minimum Gasteiger partial charge on any atom is -0.468 e. The highest BCUT2D eigenvalue weighted by Gasteiger charge is 2.31. The van der Waals surface area contributed by atoms with Gasteiger partial charge < -0.3 is 10.2 Å². The van der Waals surface area contributed by atoms with Crippen LogP contribution in [-0.4, -0.2) is 35.0 Å². The predicted molar refractivity (Wildman–Crippen MR) is 68.6 cm³/mol. The molecule has 0 spiro atoms. The lowest BCUT2D eigenvalue weighted by Gasteiger charge is -2.41. The van der Waals surface area contributed by atoms with Gasteiger partial charge in [0.05, 0.1) is 12.3 Å². The fourth-order valence-corrected chi connectivity index (χ4v) is 3.41. The van der Waals surface area contributed by atoms with Gasteiger partial charge in [0.2, 0.25) is 0 Å². The molecule has 3 atom stereocenters. The Morgan fingerprint density at radius 2 is 2.44 bits per heavy atom. The molecule has 1 aliphatic rings. The molecule has 2 heterocycles. The van der Waals surface area contributed by atoms with Crippen LogP contribution in [0.4, 0.5) is 0 Å². The molecule has 0 aliphatic carbocycles. The van der Waals surface area contributed by atoms with Gasteiger partial charge in [0, 0.05) is 30.1 Å². The maximum atomic E-state index is 5.89. The molecular formula is C12H20N2OS. The highest BCUT2D eigenvalue weighted by atomic mass is 32.2. The van der Waals surface area contributed by atoms with E-state index >= 15 is 0 Å². The summed E-state index contributed by atoms with van der Waals surface area (Å²) in [6.45, 7) is 6.29. The molecule has 2 rings (SSSR count). The zero-order chi connectivity index (χ0) is 11.5. The van der Waals surface area contributed by atoms with Crippen LogP contribution in [0, 0.1) is 0 Å². The van der Waals surface area contributed by atoms with E-state index in [0.717, 1.165) is 12.3 Å². The summed E-state index contributed by atoms with van der Waals surface area (Å²) in [5, 5.41) is 0.665. The highest BCUT2D eigenvalue weighted by molar-refractivity contribution is 8.00. The van der Waals surface area contributed by atoms with E-state index in [4.69, 9.17) is 10.2 Å². The zero-order valence-electron chi connectivity index (χ0n) is 9.93. The summed E-state index contributed by atoms with van der Waals surface area (Å²) in [5.41, 5.74) is 5.89. The van der Waals surface area contributed by atoms with Crippen molar-refractivity contribution in [2.24, 2.45) is 5.73 Å². The molecule has 1 aromatic heterocycles. The number of thioether (sulfide) groups is 1. The van der Waals surface area contributed by atoms with Gasteiger partial charge in [0.15, 0.2) is 0 Å². The Labute approximate surface area is 101 Å². The second kappa shape index (κ2) is 5.25. The second-order valence-corrected chi connectivity index (χ2v) is 5.81. The first-order valence-corrected chi connectivity index (χ1v) is 6.89. The summed E-state index contributed by atoms with van der Waals surface area (Å²) in [6.07, 6.45) is 1.73. The van der Waals surface area contributed by atoms with Crippen molar-refractivity contribution in [3.05, 3.63) is 24.2 Å². The maximum absolute atomic E-state index is 5.89. The first-order valence-electron chi connectivity index (χ1n) is 5.85. The summed E-state index contributed by atoms with van der Waals surface area (Å²) in [6, 6.07) is 4.74. The van der Waals surface area contributed by atoms with Gasteiger partial charge in [-0.15, -0.1) is 0 Å². The van der Waals surface area contributed by atoms with Crippen molar-refractivity contribution in [2.45, 2.75) is 31.2 Å². The fraction of sp³-hybridized carbons (Fsp3) is 0.667. The van der Waals surface area contributed by atoms with E-state index in [0.29, 0.717) is 17.8 Å². The molecule has 0 saturated carbocycles. The maximum Gasteiger partial charge on any atom is 0.122 e. The third-order valence-corrected chi connectivity index (χ3v) is 4.77. The molecule has 3 unspecified atom stereocenters. The molecule has 1 fully saturated rings. The van der Waals surface area contributed by atoms with Crippen molar-refractivity contribution in [3.8, 4) is 0 Å². The summed E-state index contributed by atoms with van der Waals surface area (Å²) >= 11 is 2.04. The molecular weight excluding hydrogens is 220 g/mol. The van der Waals surface area contributed by atoms with Crippen LogP contribution in [0.2, 0.25) is 0 Å². The van der Waals surface area contributed by atoms with E-state index in [1.807, 2.05) is 23.9 Å². The van der Waals surface area contributed by atoms with Gasteiger partial charge in [-0.3, -0.25) is 4.90 Å². The molecule has 0 aromatic carbocycles. The Morgan fingerprint density at radius 3 is 3.06 bits per heavy atom. The molecule has 3 nitrogen and oxygen atoms in total. The molecule has 90 valence electrons. The molecule has 2 N–H and O–H groups in total. The van der Waals surface area contributed by atoms with Crippen molar-refractivity contribution in [1.29, 1.82) is 0 Å². The van der Waals surface area contributed by atoms with Crippen LogP contribution >= 0.6 is 11.8 Å². The fourth-order valence-electron chi connectivity index (χ4n) is 2.29. The minimum absolute atomic E-state index is 0.230. The Hall–Kier alpha value is -0.450. The number of hydrogen-bond acceptors (Lipinski definition) is 4. The Bertz CT molecular complexity index is 315. The third kappa shape index (κ3) is 2.29. The van der Waals surface area contributed by atoms with Crippen LogP contribution in [0.25, 0.3) is 0 Å². The second-order valence-electron chi connectivity index (χ2n) is 4.32. The van der Waals surface area contributed by atoms with Crippen molar-refractivity contribution < 1.29 is 4.42 Å². The molecule has 0 bridgehead atoms. The standard InChI is InChI=1S/C12H20N2OS/c1-9-10(2)16-7-5-14(9)11(8-13)12-4-3-6-15-12/h3-4,6,9-11H,5,7-8,13H2,1-2H3. The van der Waals surface area contributed by atoms with Crippen LogP contribution in [-0.2, 0) is 0 Å². The quantitative estimate of drug-likeness (QED) is 0.878. The molecule has 16 heavy (non-hydrogen) atoms. The molecule has 0 radical (unpaired) electrons. The summed E-state index contributed by atoms with van der Waals surface area (Å²) in [7, 11) is 0. The largest absolute Gasteiger partial charge is 0.468 e. The van der Waals surface area contributed by atoms with Gasteiger partial charge in [-0.25, -0.2) is 0 Å². The summed E-state index contributed by atoms with van der Waals surface area (Å²) < 4.78 is 5.49. The predicted octanol–water partition coefficient (Wildman–Crippen LogP) is 2.11. The lowest BCUT2D eigenvalue weighted by molar-refractivity contribution is 0.134. The van der Waals surface area contributed by atoms with Gasteiger partial charge in [0.25, 0.3) is 0 Å². The third-order valence-electron chi connectivity index (χ3n) is 3.43. The van der Waals surface area contributed by atoms with E-state index in [1.54, 1.807) is 6.26 Å². The Balaban J connectivity index is 2.14. The monoisotopic (exact) mass is 240 g/mol. The molecule has 4 heteroatoms. The average Bonchev–Trinajstić information content (AvgIpc) is 2.79. The van der Waals surface area contributed by atoms with Crippen LogP contribution in [0.5, 0.6) is 0 Å². The van der Waals surface area contributed by atoms with Gasteiger partial charge in [-0.05, 0) is 19.1 Å². The molecule has 0 amide bonds. The highest BCUT2D eigenvalue weighted by Crippen LogP contribution is 2.31. The van der Waals surface area contributed by atoms with Crippen LogP contribution in [0.15, 0.2) is 22.8 Å². The minimum atomic E-state index is 0.230. The number of furan rings is 1. The van der Waals surface area contributed by atoms with Gasteiger partial charge >= 0.3 is 0 Å². The van der Waals surface area contributed by atoms with Gasteiger partial charge in [0.1, 0.15) is 5.76 Å². The molecule has 1 saturated heterocycles. The molecule has 1 aromatic rings. The number of nitrogens with two attached hydrogens (primary N) is 1. The smallest absolute Gasteiger partial charge is 0.122 e. The topological polar surface area (TPSA) is 42.4 Å². The van der Waals surface area contributed by atoms with Crippen molar-refractivity contribution in [2.75, 3.05) is 18.8 Å². The molecule has 1 aliphatic heterocycles. The first kappa shape index (κ1) is 12.0. The Morgan fingerprint density at radius 1 is 1.62 bits per heavy atom. The number of hydrogen-bond donors (Lipinski definition) is 1. The van der Waals surface area contributed by atoms with E-state index in [1.165, 1.54) is 5.75 Å². The van der Waals surface area contributed by atoms with E-state index in [9.17, 15) is 0 Å². The van der Waals surface area contributed by atoms with Crippen molar-refractivity contribution >= 4 is 11.8 Å². The zero-order valence-corrected chi connectivity index (χ0v) is 10.7. The van der Waals surface area contributed by atoms with Crippen molar-refractivity contribution in [3.63, 3.8) is 0 Å². The summed E-state index contributed by atoms with van der Waals surface area (Å²) in [5.74, 6) is 2.18.